The zero-order valence-corrected chi connectivity index (χ0v) is 14.8. The first-order chi connectivity index (χ1) is 12.5. The molecule has 1 atom stereocenters. The number of hydrogen-bond acceptors (Lipinski definition) is 2. The third-order valence-electron chi connectivity index (χ3n) is 4.62. The van der Waals surface area contributed by atoms with Gasteiger partial charge in [-0.1, -0.05) is 60.7 Å². The van der Waals surface area contributed by atoms with E-state index in [9.17, 15) is 9.59 Å². The number of carbonyl (C=O) groups is 2. The molecule has 0 spiro atoms. The van der Waals surface area contributed by atoms with Crippen molar-refractivity contribution in [2.45, 2.75) is 18.9 Å². The average molecular weight is 346 g/mol. The van der Waals surface area contributed by atoms with Crippen molar-refractivity contribution in [3.8, 4) is 0 Å². The summed E-state index contributed by atoms with van der Waals surface area (Å²) in [6.07, 6.45) is 0.713. The van der Waals surface area contributed by atoms with Crippen LogP contribution in [0.2, 0.25) is 0 Å². The van der Waals surface area contributed by atoms with Gasteiger partial charge in [0.15, 0.2) is 0 Å². The number of likely N-dealkylation sites (N-methyl/N-ethyl adjacent to an activating group) is 1. The lowest BCUT2D eigenvalue weighted by Crippen LogP contribution is -2.41. The molecule has 0 saturated carbocycles. The molecule has 26 heavy (non-hydrogen) atoms. The van der Waals surface area contributed by atoms with Gasteiger partial charge < -0.3 is 10.6 Å². The Morgan fingerprint density at radius 1 is 0.923 bits per heavy atom. The first-order valence-corrected chi connectivity index (χ1v) is 8.63. The molecule has 3 aromatic rings. The van der Waals surface area contributed by atoms with Crippen molar-refractivity contribution >= 4 is 22.6 Å². The second-order valence-corrected chi connectivity index (χ2v) is 6.49. The predicted molar refractivity (Wildman–Crippen MR) is 104 cm³/mol. The van der Waals surface area contributed by atoms with E-state index in [4.69, 9.17) is 5.73 Å². The van der Waals surface area contributed by atoms with Crippen molar-refractivity contribution in [2.24, 2.45) is 5.73 Å². The van der Waals surface area contributed by atoms with E-state index >= 15 is 0 Å². The Morgan fingerprint density at radius 2 is 1.58 bits per heavy atom. The molecule has 4 nitrogen and oxygen atoms in total. The van der Waals surface area contributed by atoms with Crippen LogP contribution < -0.4 is 5.73 Å². The molecule has 0 aliphatic carbocycles. The van der Waals surface area contributed by atoms with E-state index in [0.29, 0.717) is 12.0 Å². The second kappa shape index (κ2) is 7.83. The van der Waals surface area contributed by atoms with Crippen LogP contribution in [0.3, 0.4) is 0 Å². The number of nitrogens with zero attached hydrogens (tertiary/aromatic N) is 1. The third-order valence-corrected chi connectivity index (χ3v) is 4.62. The Hall–Kier alpha value is -3.14. The van der Waals surface area contributed by atoms with Gasteiger partial charge in [-0.05, 0) is 34.9 Å². The topological polar surface area (TPSA) is 63.4 Å². The fourth-order valence-corrected chi connectivity index (χ4v) is 3.16. The third kappa shape index (κ3) is 4.09. The summed E-state index contributed by atoms with van der Waals surface area (Å²) in [5.74, 6) is -0.526. The van der Waals surface area contributed by atoms with Crippen molar-refractivity contribution in [3.63, 3.8) is 0 Å². The summed E-state index contributed by atoms with van der Waals surface area (Å²) in [6.45, 7) is 0. The van der Waals surface area contributed by atoms with Gasteiger partial charge in [-0.25, -0.2) is 0 Å². The van der Waals surface area contributed by atoms with E-state index in [1.165, 1.54) is 0 Å². The minimum atomic E-state index is -0.413. The van der Waals surface area contributed by atoms with Crippen LogP contribution in [0.5, 0.6) is 0 Å². The predicted octanol–water partition coefficient (Wildman–Crippen LogP) is 3.40. The van der Waals surface area contributed by atoms with Gasteiger partial charge >= 0.3 is 0 Å². The van der Waals surface area contributed by atoms with Gasteiger partial charge in [0.2, 0.25) is 5.91 Å². The smallest absolute Gasteiger partial charge is 0.253 e. The maximum absolute atomic E-state index is 13.0. The number of carbonyl (C=O) groups excluding carboxylic acids is 2. The summed E-state index contributed by atoms with van der Waals surface area (Å²) in [7, 11) is 1.73. The monoisotopic (exact) mass is 346 g/mol. The Morgan fingerprint density at radius 3 is 2.27 bits per heavy atom. The minimum Gasteiger partial charge on any atom is -0.370 e. The van der Waals surface area contributed by atoms with Gasteiger partial charge in [0.1, 0.15) is 0 Å². The lowest BCUT2D eigenvalue weighted by molar-refractivity contribution is -0.118. The van der Waals surface area contributed by atoms with Crippen molar-refractivity contribution in [1.82, 2.24) is 4.90 Å². The Bertz CT molecular complexity index is 922. The van der Waals surface area contributed by atoms with Gasteiger partial charge in [0.05, 0.1) is 0 Å². The molecule has 0 radical (unpaired) electrons. The van der Waals surface area contributed by atoms with Crippen molar-refractivity contribution in [1.29, 1.82) is 0 Å². The van der Waals surface area contributed by atoms with Gasteiger partial charge in [-0.2, -0.15) is 0 Å². The van der Waals surface area contributed by atoms with Crippen LogP contribution in [0.15, 0.2) is 72.8 Å². The Kier molecular flexibility index (Phi) is 5.32. The number of primary amides is 1. The van der Waals surface area contributed by atoms with Crippen molar-refractivity contribution in [3.05, 3.63) is 83.9 Å². The lowest BCUT2D eigenvalue weighted by Gasteiger charge is -2.28. The van der Waals surface area contributed by atoms with Crippen LogP contribution >= 0.6 is 0 Å². The highest BCUT2D eigenvalue weighted by Gasteiger charge is 2.23. The maximum atomic E-state index is 13.0. The zero-order valence-electron chi connectivity index (χ0n) is 14.8. The molecule has 3 aromatic carbocycles. The summed E-state index contributed by atoms with van der Waals surface area (Å²) in [5.41, 5.74) is 7.09. The molecule has 4 heteroatoms. The van der Waals surface area contributed by atoms with Crippen LogP contribution in [0, 0.1) is 0 Å². The molecule has 132 valence electrons. The van der Waals surface area contributed by atoms with Crippen LogP contribution in [0.4, 0.5) is 0 Å². The van der Waals surface area contributed by atoms with Gasteiger partial charge in [-0.3, -0.25) is 9.59 Å². The van der Waals surface area contributed by atoms with Crippen LogP contribution in [0.1, 0.15) is 22.3 Å². The highest BCUT2D eigenvalue weighted by Crippen LogP contribution is 2.19. The van der Waals surface area contributed by atoms with Crippen LogP contribution in [-0.4, -0.2) is 29.8 Å². The molecule has 0 aromatic heterocycles. The van der Waals surface area contributed by atoms with Gasteiger partial charge in [0, 0.05) is 25.1 Å². The molecule has 3 rings (SSSR count). The van der Waals surface area contributed by atoms with E-state index in [1.54, 1.807) is 11.9 Å². The standard InChI is InChI=1S/C22H22N2O2/c1-24(20(15-21(23)25)13-16-7-3-2-4-8-16)22(26)19-12-11-17-9-5-6-10-18(17)14-19/h2-12,14,20H,13,15H2,1H3,(H2,23,25)/t20-/m1/s1. The molecule has 0 fully saturated rings. The van der Waals surface area contributed by atoms with E-state index in [-0.39, 0.29) is 18.4 Å². The largest absolute Gasteiger partial charge is 0.370 e. The van der Waals surface area contributed by atoms with Gasteiger partial charge in [-0.15, -0.1) is 0 Å². The first kappa shape index (κ1) is 17.7. The summed E-state index contributed by atoms with van der Waals surface area (Å²) in [4.78, 5) is 26.1. The average Bonchev–Trinajstić information content (AvgIpc) is 2.66. The molecular weight excluding hydrogens is 324 g/mol. The molecule has 0 saturated heterocycles. The van der Waals surface area contributed by atoms with E-state index in [1.807, 2.05) is 72.8 Å². The fraction of sp³-hybridized carbons (Fsp3) is 0.182. The first-order valence-electron chi connectivity index (χ1n) is 8.63. The Labute approximate surface area is 153 Å². The number of rotatable bonds is 6. The van der Waals surface area contributed by atoms with E-state index < -0.39 is 5.91 Å². The van der Waals surface area contributed by atoms with Gasteiger partial charge in [0.25, 0.3) is 5.91 Å². The number of nitrogens with two attached hydrogens (primary N) is 1. The Balaban J connectivity index is 1.85. The fourth-order valence-electron chi connectivity index (χ4n) is 3.16. The number of benzene rings is 3. The molecule has 0 aliphatic rings. The van der Waals surface area contributed by atoms with E-state index in [0.717, 1.165) is 16.3 Å². The van der Waals surface area contributed by atoms with Crippen LogP contribution in [0.25, 0.3) is 10.8 Å². The number of amides is 2. The molecule has 2 amide bonds. The van der Waals surface area contributed by atoms with Crippen molar-refractivity contribution < 1.29 is 9.59 Å². The lowest BCUT2D eigenvalue weighted by atomic mass is 10.0. The molecule has 0 heterocycles. The summed E-state index contributed by atoms with van der Waals surface area (Å²) >= 11 is 0. The molecule has 0 unspecified atom stereocenters. The molecule has 2 N–H and O–H groups in total. The number of hydrogen-bond donors (Lipinski definition) is 1. The molecular formula is C22H22N2O2. The van der Waals surface area contributed by atoms with Crippen molar-refractivity contribution in [2.75, 3.05) is 7.05 Å². The second-order valence-electron chi connectivity index (χ2n) is 6.49. The molecule has 0 aliphatic heterocycles. The quantitative estimate of drug-likeness (QED) is 0.743. The maximum Gasteiger partial charge on any atom is 0.253 e. The molecule has 0 bridgehead atoms. The SMILES string of the molecule is CN(C(=O)c1ccc2ccccc2c1)[C@@H](CC(N)=O)Cc1ccccc1. The normalized spacial score (nSPS) is 11.9. The summed E-state index contributed by atoms with van der Waals surface area (Å²) in [6, 6.07) is 23.1. The zero-order chi connectivity index (χ0) is 18.5. The number of fused-ring (bicyclic) bond motifs is 1. The summed E-state index contributed by atoms with van der Waals surface area (Å²) in [5, 5.41) is 2.10. The minimum absolute atomic E-state index is 0.113. The summed E-state index contributed by atoms with van der Waals surface area (Å²) < 4.78 is 0. The highest BCUT2D eigenvalue weighted by molar-refractivity contribution is 5.98. The van der Waals surface area contributed by atoms with Crippen LogP contribution in [-0.2, 0) is 11.2 Å². The highest BCUT2D eigenvalue weighted by atomic mass is 16.2. The van der Waals surface area contributed by atoms with E-state index in [2.05, 4.69) is 0 Å².